The first-order valence-corrected chi connectivity index (χ1v) is 6.15. The molecule has 1 unspecified atom stereocenters. The second-order valence-corrected chi connectivity index (χ2v) is 4.84. The molecule has 1 heterocycles. The molecule has 0 aliphatic heterocycles. The van der Waals surface area contributed by atoms with Gasteiger partial charge in [-0.2, -0.15) is 0 Å². The molecule has 0 saturated carbocycles. The average Bonchev–Trinajstić information content (AvgIpc) is 2.77. The molecule has 1 aromatic heterocycles. The lowest BCUT2D eigenvalue weighted by molar-refractivity contribution is -0.140. The van der Waals surface area contributed by atoms with Crippen molar-refractivity contribution in [3.63, 3.8) is 0 Å². The van der Waals surface area contributed by atoms with Crippen LogP contribution in [0.5, 0.6) is 0 Å². The third kappa shape index (κ3) is 4.99. The monoisotopic (exact) mass is 268 g/mol. The van der Waals surface area contributed by atoms with E-state index < -0.39 is 18.0 Å². The van der Waals surface area contributed by atoms with Crippen LogP contribution in [0.4, 0.5) is 4.79 Å². The summed E-state index contributed by atoms with van der Waals surface area (Å²) in [6.07, 6.45) is 5.11. The number of carboxylic acid groups (broad SMARTS) is 1. The lowest BCUT2D eigenvalue weighted by Crippen LogP contribution is -2.51. The van der Waals surface area contributed by atoms with E-state index >= 15 is 0 Å². The minimum Gasteiger partial charge on any atom is -0.480 e. The molecule has 0 radical (unpaired) electrons. The van der Waals surface area contributed by atoms with Gasteiger partial charge < -0.3 is 20.3 Å². The van der Waals surface area contributed by atoms with Crippen LogP contribution in [0.15, 0.2) is 18.7 Å². The van der Waals surface area contributed by atoms with E-state index in [4.69, 9.17) is 5.11 Å². The molecule has 19 heavy (non-hydrogen) atoms. The van der Waals surface area contributed by atoms with Crippen molar-refractivity contribution in [3.8, 4) is 0 Å². The molecule has 3 N–H and O–H groups in total. The Kier molecular flexibility index (Phi) is 5.35. The molecule has 7 nitrogen and oxygen atoms in total. The predicted molar refractivity (Wildman–Crippen MR) is 69.6 cm³/mol. The van der Waals surface area contributed by atoms with Crippen LogP contribution in [0.1, 0.15) is 20.8 Å². The van der Waals surface area contributed by atoms with E-state index in [9.17, 15) is 9.59 Å². The summed E-state index contributed by atoms with van der Waals surface area (Å²) in [4.78, 5) is 26.6. The molecule has 0 aliphatic rings. The zero-order valence-electron chi connectivity index (χ0n) is 11.3. The Morgan fingerprint density at radius 1 is 1.32 bits per heavy atom. The van der Waals surface area contributed by atoms with E-state index in [1.165, 1.54) is 0 Å². The fraction of sp³-hybridized carbons (Fsp3) is 0.583. The summed E-state index contributed by atoms with van der Waals surface area (Å²) in [6.45, 7) is 5.90. The number of urea groups is 1. The Hall–Kier alpha value is -2.05. The van der Waals surface area contributed by atoms with E-state index in [0.29, 0.717) is 6.54 Å². The quantitative estimate of drug-likeness (QED) is 0.707. The Labute approximate surface area is 112 Å². The van der Waals surface area contributed by atoms with E-state index in [1.807, 2.05) is 11.5 Å². The lowest BCUT2D eigenvalue weighted by atomic mass is 10.1. The summed E-state index contributed by atoms with van der Waals surface area (Å²) in [5.41, 5.74) is 0. The van der Waals surface area contributed by atoms with Gasteiger partial charge in [0, 0.05) is 25.0 Å². The highest BCUT2D eigenvalue weighted by atomic mass is 16.4. The highest BCUT2D eigenvalue weighted by Crippen LogP contribution is 2.01. The largest absolute Gasteiger partial charge is 0.480 e. The number of hydrogen-bond acceptors (Lipinski definition) is 3. The summed E-state index contributed by atoms with van der Waals surface area (Å²) >= 11 is 0. The second-order valence-electron chi connectivity index (χ2n) is 4.84. The number of carboxylic acids is 1. The number of rotatable bonds is 6. The Bertz CT molecular complexity index is 417. The Balaban J connectivity index is 2.43. The van der Waals surface area contributed by atoms with E-state index in [1.54, 1.807) is 32.6 Å². The number of nitrogens with zero attached hydrogens (tertiary/aromatic N) is 2. The van der Waals surface area contributed by atoms with Crippen molar-refractivity contribution in [2.45, 2.75) is 39.4 Å². The van der Waals surface area contributed by atoms with Crippen molar-refractivity contribution in [2.24, 2.45) is 5.92 Å². The lowest BCUT2D eigenvalue weighted by Gasteiger charge is -2.20. The van der Waals surface area contributed by atoms with Crippen molar-refractivity contribution in [2.75, 3.05) is 0 Å². The fourth-order valence-corrected chi connectivity index (χ4v) is 1.68. The van der Waals surface area contributed by atoms with E-state index in [2.05, 4.69) is 15.6 Å². The molecule has 0 spiro atoms. The first-order chi connectivity index (χ1) is 8.90. The van der Waals surface area contributed by atoms with Crippen LogP contribution in [0, 0.1) is 5.92 Å². The summed E-state index contributed by atoms with van der Waals surface area (Å²) in [5.74, 6) is -1.21. The predicted octanol–water partition coefficient (Wildman–Crippen LogP) is 0.680. The standard InChI is InChI=1S/C12H20N4O3/c1-8(2)10(11(17)18)15-12(19)14-9(3)6-16-5-4-13-7-16/h4-5,7-10H,6H2,1-3H3,(H,17,18)(H2,14,15,19)/t9?,10-/m1/s1. The number of hydrogen-bond donors (Lipinski definition) is 3. The smallest absolute Gasteiger partial charge is 0.326 e. The molecule has 1 aromatic rings. The zero-order valence-corrected chi connectivity index (χ0v) is 11.3. The van der Waals surface area contributed by atoms with Gasteiger partial charge in [0.25, 0.3) is 0 Å². The highest BCUT2D eigenvalue weighted by Gasteiger charge is 2.23. The first-order valence-electron chi connectivity index (χ1n) is 6.15. The molecule has 0 bridgehead atoms. The highest BCUT2D eigenvalue weighted by molar-refractivity contribution is 5.82. The van der Waals surface area contributed by atoms with Gasteiger partial charge in [-0.3, -0.25) is 0 Å². The van der Waals surface area contributed by atoms with Gasteiger partial charge in [-0.05, 0) is 12.8 Å². The number of carbonyl (C=O) groups is 2. The molecule has 2 atom stereocenters. The Morgan fingerprint density at radius 2 is 2.00 bits per heavy atom. The van der Waals surface area contributed by atoms with Crippen molar-refractivity contribution >= 4 is 12.0 Å². The average molecular weight is 268 g/mol. The van der Waals surface area contributed by atoms with Crippen LogP contribution in [-0.4, -0.2) is 38.7 Å². The topological polar surface area (TPSA) is 96.3 Å². The van der Waals surface area contributed by atoms with Crippen LogP contribution in [0.25, 0.3) is 0 Å². The van der Waals surface area contributed by atoms with E-state index in [-0.39, 0.29) is 12.0 Å². The first kappa shape index (κ1) is 15.0. The minimum atomic E-state index is -1.03. The van der Waals surface area contributed by atoms with Crippen LogP contribution in [-0.2, 0) is 11.3 Å². The number of aliphatic carboxylic acids is 1. The van der Waals surface area contributed by atoms with Crippen molar-refractivity contribution in [1.82, 2.24) is 20.2 Å². The zero-order chi connectivity index (χ0) is 14.4. The van der Waals surface area contributed by atoms with Crippen molar-refractivity contribution in [1.29, 1.82) is 0 Å². The van der Waals surface area contributed by atoms with E-state index in [0.717, 1.165) is 0 Å². The third-order valence-electron chi connectivity index (χ3n) is 2.64. The van der Waals surface area contributed by atoms with Gasteiger partial charge in [0.2, 0.25) is 0 Å². The summed E-state index contributed by atoms with van der Waals surface area (Å²) in [7, 11) is 0. The van der Waals surface area contributed by atoms with Gasteiger partial charge in [-0.1, -0.05) is 13.8 Å². The number of imidazole rings is 1. The maximum Gasteiger partial charge on any atom is 0.326 e. The normalized spacial score (nSPS) is 13.9. The summed E-state index contributed by atoms with van der Waals surface area (Å²) in [5, 5.41) is 14.1. The molecule has 2 amide bonds. The van der Waals surface area contributed by atoms with Crippen LogP contribution >= 0.6 is 0 Å². The molecule has 0 saturated heterocycles. The number of carbonyl (C=O) groups excluding carboxylic acids is 1. The van der Waals surface area contributed by atoms with Crippen LogP contribution < -0.4 is 10.6 Å². The third-order valence-corrected chi connectivity index (χ3v) is 2.64. The summed E-state index contributed by atoms with van der Waals surface area (Å²) < 4.78 is 1.84. The molecule has 0 aliphatic carbocycles. The number of amides is 2. The molecule has 1 rings (SSSR count). The van der Waals surface area contributed by atoms with Crippen LogP contribution in [0.2, 0.25) is 0 Å². The SMILES string of the molecule is CC(Cn1ccnc1)NC(=O)N[C@@H](C(=O)O)C(C)C. The molecular formula is C12H20N4O3. The Morgan fingerprint density at radius 3 is 2.47 bits per heavy atom. The van der Waals surface area contributed by atoms with Gasteiger partial charge in [0.15, 0.2) is 0 Å². The number of nitrogens with one attached hydrogen (secondary N) is 2. The minimum absolute atomic E-state index is 0.129. The molecule has 0 fully saturated rings. The molecule has 7 heteroatoms. The fourth-order valence-electron chi connectivity index (χ4n) is 1.68. The van der Waals surface area contributed by atoms with Gasteiger partial charge in [0.1, 0.15) is 6.04 Å². The molecular weight excluding hydrogens is 248 g/mol. The van der Waals surface area contributed by atoms with Crippen molar-refractivity contribution in [3.05, 3.63) is 18.7 Å². The van der Waals surface area contributed by atoms with Gasteiger partial charge >= 0.3 is 12.0 Å². The molecule has 0 aromatic carbocycles. The number of aromatic nitrogens is 2. The van der Waals surface area contributed by atoms with Gasteiger partial charge in [0.05, 0.1) is 6.33 Å². The molecule has 106 valence electrons. The second kappa shape index (κ2) is 6.77. The van der Waals surface area contributed by atoms with Crippen molar-refractivity contribution < 1.29 is 14.7 Å². The maximum absolute atomic E-state index is 11.7. The van der Waals surface area contributed by atoms with Gasteiger partial charge in [-0.15, -0.1) is 0 Å². The van der Waals surface area contributed by atoms with Gasteiger partial charge in [-0.25, -0.2) is 14.6 Å². The van der Waals surface area contributed by atoms with Crippen LogP contribution in [0.3, 0.4) is 0 Å². The maximum atomic E-state index is 11.7. The summed E-state index contributed by atoms with van der Waals surface area (Å²) in [6, 6.07) is -1.50.